The van der Waals surface area contributed by atoms with Gasteiger partial charge in [0.2, 0.25) is 0 Å². The van der Waals surface area contributed by atoms with Gasteiger partial charge in [0.05, 0.1) is 11.2 Å². The predicted molar refractivity (Wildman–Crippen MR) is 73.6 cm³/mol. The molecule has 2 rings (SSSR count). The van der Waals surface area contributed by atoms with Crippen LogP contribution in [0.1, 0.15) is 31.9 Å². The highest BCUT2D eigenvalue weighted by atomic mass is 32.1. The van der Waals surface area contributed by atoms with Gasteiger partial charge < -0.3 is 10.2 Å². The van der Waals surface area contributed by atoms with E-state index >= 15 is 0 Å². The Morgan fingerprint density at radius 3 is 3.18 bits per heavy atom. The molecular weight excluding hydrogens is 230 g/mol. The first kappa shape index (κ1) is 13.0. The van der Waals surface area contributed by atoms with Crippen LogP contribution < -0.4 is 5.32 Å². The quantitative estimate of drug-likeness (QED) is 0.871. The lowest BCUT2D eigenvalue weighted by Crippen LogP contribution is -2.32. The molecule has 1 N–H and O–H groups in total. The Kier molecular flexibility index (Phi) is 5.42. The normalized spacial score (nSPS) is 22.5. The standard InChI is InChI=1S/C13H23N3S/c1-2-16-8-3-4-12(6-9-16)14-7-5-13-10-17-11-15-13/h10-12,14H,2-9H2,1H3. The molecule has 0 aromatic carbocycles. The Hall–Kier alpha value is -0.450. The minimum Gasteiger partial charge on any atom is -0.314 e. The highest BCUT2D eigenvalue weighted by Crippen LogP contribution is 2.10. The molecule has 0 bridgehead atoms. The molecular formula is C13H23N3S. The summed E-state index contributed by atoms with van der Waals surface area (Å²) in [6.45, 7) is 7.06. The number of thiazole rings is 1. The van der Waals surface area contributed by atoms with Gasteiger partial charge in [0.25, 0.3) is 0 Å². The topological polar surface area (TPSA) is 28.2 Å². The van der Waals surface area contributed by atoms with Crippen molar-refractivity contribution in [3.63, 3.8) is 0 Å². The Balaban J connectivity index is 1.65. The summed E-state index contributed by atoms with van der Waals surface area (Å²) in [7, 11) is 0. The number of hydrogen-bond acceptors (Lipinski definition) is 4. The summed E-state index contributed by atoms with van der Waals surface area (Å²) in [5.74, 6) is 0. The summed E-state index contributed by atoms with van der Waals surface area (Å²) in [5.41, 5.74) is 3.14. The summed E-state index contributed by atoms with van der Waals surface area (Å²) >= 11 is 1.69. The van der Waals surface area contributed by atoms with Crippen LogP contribution in [0.25, 0.3) is 0 Å². The second kappa shape index (κ2) is 7.09. The predicted octanol–water partition coefficient (Wildman–Crippen LogP) is 2.15. The van der Waals surface area contributed by atoms with E-state index in [-0.39, 0.29) is 0 Å². The molecule has 0 saturated carbocycles. The summed E-state index contributed by atoms with van der Waals surface area (Å²) in [5, 5.41) is 5.83. The SMILES string of the molecule is CCN1CCCC(NCCc2cscn2)CC1. The highest BCUT2D eigenvalue weighted by Gasteiger charge is 2.15. The monoisotopic (exact) mass is 253 g/mol. The number of nitrogens with zero attached hydrogens (tertiary/aromatic N) is 2. The fourth-order valence-corrected chi connectivity index (χ4v) is 3.03. The lowest BCUT2D eigenvalue weighted by molar-refractivity contribution is 0.297. The van der Waals surface area contributed by atoms with Crippen molar-refractivity contribution >= 4 is 11.3 Å². The summed E-state index contributed by atoms with van der Waals surface area (Å²) in [6.07, 6.45) is 5.03. The van der Waals surface area contributed by atoms with Crippen molar-refractivity contribution in [3.8, 4) is 0 Å². The third kappa shape index (κ3) is 4.37. The molecule has 1 aromatic rings. The van der Waals surface area contributed by atoms with Crippen LogP contribution in [0.3, 0.4) is 0 Å². The van der Waals surface area contributed by atoms with E-state index in [9.17, 15) is 0 Å². The van der Waals surface area contributed by atoms with Crippen LogP contribution in [0.5, 0.6) is 0 Å². The first-order chi connectivity index (χ1) is 8.38. The molecule has 1 aliphatic heterocycles. The van der Waals surface area contributed by atoms with Crippen LogP contribution >= 0.6 is 11.3 Å². The largest absolute Gasteiger partial charge is 0.314 e. The first-order valence-corrected chi connectivity index (χ1v) is 7.65. The van der Waals surface area contributed by atoms with E-state index in [4.69, 9.17) is 0 Å². The second-order valence-electron chi connectivity index (χ2n) is 4.75. The fraction of sp³-hybridized carbons (Fsp3) is 0.769. The molecule has 0 spiro atoms. The van der Waals surface area contributed by atoms with Gasteiger partial charge in [-0.2, -0.15) is 0 Å². The van der Waals surface area contributed by atoms with Gasteiger partial charge in [-0.3, -0.25) is 0 Å². The molecule has 96 valence electrons. The van der Waals surface area contributed by atoms with Crippen molar-refractivity contribution in [3.05, 3.63) is 16.6 Å². The first-order valence-electron chi connectivity index (χ1n) is 6.71. The highest BCUT2D eigenvalue weighted by molar-refractivity contribution is 7.07. The van der Waals surface area contributed by atoms with Crippen molar-refractivity contribution < 1.29 is 0 Å². The smallest absolute Gasteiger partial charge is 0.0794 e. The second-order valence-corrected chi connectivity index (χ2v) is 5.46. The van der Waals surface area contributed by atoms with Gasteiger partial charge in [-0.15, -0.1) is 11.3 Å². The Morgan fingerprint density at radius 2 is 2.41 bits per heavy atom. The third-order valence-electron chi connectivity index (χ3n) is 3.57. The molecule has 0 amide bonds. The van der Waals surface area contributed by atoms with Crippen LogP contribution in [0.15, 0.2) is 10.9 Å². The van der Waals surface area contributed by atoms with Gasteiger partial charge in [0.1, 0.15) is 0 Å². The van der Waals surface area contributed by atoms with Crippen LogP contribution in [0, 0.1) is 0 Å². The van der Waals surface area contributed by atoms with E-state index in [1.165, 1.54) is 44.6 Å². The molecule has 1 fully saturated rings. The molecule has 1 atom stereocenters. The molecule has 4 heteroatoms. The minimum atomic E-state index is 0.713. The van der Waals surface area contributed by atoms with E-state index in [0.717, 1.165) is 13.0 Å². The van der Waals surface area contributed by atoms with Crippen molar-refractivity contribution in [2.45, 2.75) is 38.6 Å². The zero-order chi connectivity index (χ0) is 11.9. The molecule has 1 aliphatic rings. The lowest BCUT2D eigenvalue weighted by Gasteiger charge is -2.18. The van der Waals surface area contributed by atoms with Crippen LogP contribution in [0.2, 0.25) is 0 Å². The Labute approximate surface area is 108 Å². The number of likely N-dealkylation sites (tertiary alicyclic amines) is 1. The zero-order valence-electron chi connectivity index (χ0n) is 10.7. The Bertz CT molecular complexity index is 300. The average molecular weight is 253 g/mol. The van der Waals surface area contributed by atoms with Crippen LogP contribution in [-0.4, -0.2) is 42.1 Å². The maximum absolute atomic E-state index is 4.31. The maximum Gasteiger partial charge on any atom is 0.0794 e. The Morgan fingerprint density at radius 1 is 1.47 bits per heavy atom. The number of nitrogens with one attached hydrogen (secondary N) is 1. The van der Waals surface area contributed by atoms with E-state index < -0.39 is 0 Å². The van der Waals surface area contributed by atoms with Crippen LogP contribution in [-0.2, 0) is 6.42 Å². The van der Waals surface area contributed by atoms with Crippen molar-refractivity contribution in [1.82, 2.24) is 15.2 Å². The number of rotatable bonds is 5. The van der Waals surface area contributed by atoms with Gasteiger partial charge in [-0.05, 0) is 38.9 Å². The number of hydrogen-bond donors (Lipinski definition) is 1. The fourth-order valence-electron chi connectivity index (χ4n) is 2.44. The third-order valence-corrected chi connectivity index (χ3v) is 4.20. The lowest BCUT2D eigenvalue weighted by atomic mass is 10.1. The molecule has 2 heterocycles. The summed E-state index contributed by atoms with van der Waals surface area (Å²) in [4.78, 5) is 6.87. The maximum atomic E-state index is 4.31. The van der Waals surface area contributed by atoms with Gasteiger partial charge in [0, 0.05) is 24.4 Å². The molecule has 1 aromatic heterocycles. The average Bonchev–Trinajstić information content (AvgIpc) is 2.75. The molecule has 1 saturated heterocycles. The van der Waals surface area contributed by atoms with Crippen molar-refractivity contribution in [2.75, 3.05) is 26.2 Å². The molecule has 0 radical (unpaired) electrons. The van der Waals surface area contributed by atoms with E-state index in [1.54, 1.807) is 11.3 Å². The van der Waals surface area contributed by atoms with E-state index in [0.29, 0.717) is 6.04 Å². The van der Waals surface area contributed by atoms with Gasteiger partial charge in [-0.1, -0.05) is 6.92 Å². The van der Waals surface area contributed by atoms with E-state index in [2.05, 4.69) is 27.5 Å². The molecule has 1 unspecified atom stereocenters. The summed E-state index contributed by atoms with van der Waals surface area (Å²) < 4.78 is 0. The molecule has 0 aliphatic carbocycles. The van der Waals surface area contributed by atoms with Gasteiger partial charge in [0.15, 0.2) is 0 Å². The van der Waals surface area contributed by atoms with E-state index in [1.807, 2.05) is 5.51 Å². The van der Waals surface area contributed by atoms with Gasteiger partial charge >= 0.3 is 0 Å². The number of aromatic nitrogens is 1. The zero-order valence-corrected chi connectivity index (χ0v) is 11.5. The molecule has 17 heavy (non-hydrogen) atoms. The van der Waals surface area contributed by atoms with Crippen LogP contribution in [0.4, 0.5) is 0 Å². The van der Waals surface area contributed by atoms with Gasteiger partial charge in [-0.25, -0.2) is 4.98 Å². The molecule has 3 nitrogen and oxygen atoms in total. The van der Waals surface area contributed by atoms with Crippen molar-refractivity contribution in [2.24, 2.45) is 0 Å². The summed E-state index contributed by atoms with van der Waals surface area (Å²) in [6, 6.07) is 0.713. The van der Waals surface area contributed by atoms with Crippen molar-refractivity contribution in [1.29, 1.82) is 0 Å². The minimum absolute atomic E-state index is 0.713.